The van der Waals surface area contributed by atoms with Crippen LogP contribution < -0.4 is 9.64 Å². The lowest BCUT2D eigenvalue weighted by atomic mass is 10.1. The highest BCUT2D eigenvalue weighted by molar-refractivity contribution is 14.1. The average Bonchev–Trinajstić information content (AvgIpc) is 2.98. The van der Waals surface area contributed by atoms with Crippen LogP contribution in [0.2, 0.25) is 0 Å². The van der Waals surface area contributed by atoms with Crippen molar-refractivity contribution < 1.29 is 14.6 Å². The van der Waals surface area contributed by atoms with Crippen LogP contribution in [0.3, 0.4) is 0 Å². The van der Waals surface area contributed by atoms with Gasteiger partial charge >= 0.3 is 0 Å². The smallest absolute Gasteiger partial charge is 0.270 e. The molecule has 3 aromatic carbocycles. The number of aromatic hydroxyl groups is 1. The van der Waals surface area contributed by atoms with E-state index in [4.69, 9.17) is 17.0 Å². The quantitative estimate of drug-likeness (QED) is 0.255. The Morgan fingerprint density at radius 3 is 2.76 bits per heavy atom. The van der Waals surface area contributed by atoms with Gasteiger partial charge in [0.25, 0.3) is 5.91 Å². The lowest BCUT2D eigenvalue weighted by Crippen LogP contribution is -2.27. The van der Waals surface area contributed by atoms with Gasteiger partial charge in [-0.15, -0.1) is 0 Å². The largest absolute Gasteiger partial charge is 0.504 e. The van der Waals surface area contributed by atoms with Crippen molar-refractivity contribution in [3.05, 3.63) is 68.6 Å². The lowest BCUT2D eigenvalue weighted by molar-refractivity contribution is -0.113. The monoisotopic (exact) mass is 533 g/mol. The van der Waals surface area contributed by atoms with Gasteiger partial charge in [0.1, 0.15) is 0 Å². The van der Waals surface area contributed by atoms with Gasteiger partial charge in [0.05, 0.1) is 20.8 Å². The Morgan fingerprint density at radius 1 is 1.21 bits per heavy atom. The number of thioether (sulfide) groups is 1. The van der Waals surface area contributed by atoms with Crippen LogP contribution in [0, 0.1) is 3.57 Å². The van der Waals surface area contributed by atoms with E-state index in [1.807, 2.05) is 78.0 Å². The van der Waals surface area contributed by atoms with Crippen molar-refractivity contribution in [3.8, 4) is 11.5 Å². The number of nitrogens with zero attached hydrogens (tertiary/aromatic N) is 1. The predicted octanol–water partition coefficient (Wildman–Crippen LogP) is 5.95. The minimum Gasteiger partial charge on any atom is -0.504 e. The highest BCUT2D eigenvalue weighted by Crippen LogP contribution is 2.40. The van der Waals surface area contributed by atoms with Gasteiger partial charge in [-0.25, -0.2) is 0 Å². The first-order valence-corrected chi connectivity index (χ1v) is 11.2. The number of thiocarbonyl (C=S) groups is 1. The Bertz CT molecular complexity index is 1170. The van der Waals surface area contributed by atoms with E-state index in [0.717, 1.165) is 22.0 Å². The fraction of sp³-hybridized carbons (Fsp3) is 0.0909. The summed E-state index contributed by atoms with van der Waals surface area (Å²) in [4.78, 5) is 15.3. The molecule has 1 N–H and O–H groups in total. The van der Waals surface area contributed by atoms with Gasteiger partial charge in [0, 0.05) is 5.39 Å². The number of halogens is 1. The second kappa shape index (κ2) is 8.33. The SMILES string of the molecule is CCOc1cc(/C=C2\SC(=S)N(c3cccc4ccccc34)C2=O)cc(I)c1O. The number of rotatable bonds is 4. The van der Waals surface area contributed by atoms with E-state index in [2.05, 4.69) is 0 Å². The summed E-state index contributed by atoms with van der Waals surface area (Å²) in [5, 5.41) is 12.2. The van der Waals surface area contributed by atoms with E-state index in [1.165, 1.54) is 11.8 Å². The predicted molar refractivity (Wildman–Crippen MR) is 132 cm³/mol. The van der Waals surface area contributed by atoms with E-state index in [-0.39, 0.29) is 11.7 Å². The van der Waals surface area contributed by atoms with Crippen molar-refractivity contribution >= 4 is 79.3 Å². The molecule has 1 aliphatic heterocycles. The molecule has 0 bridgehead atoms. The molecule has 0 radical (unpaired) electrons. The number of anilines is 1. The summed E-state index contributed by atoms with van der Waals surface area (Å²) in [6.45, 7) is 2.30. The van der Waals surface area contributed by atoms with E-state index >= 15 is 0 Å². The highest BCUT2D eigenvalue weighted by Gasteiger charge is 2.34. The summed E-state index contributed by atoms with van der Waals surface area (Å²) in [7, 11) is 0. The van der Waals surface area contributed by atoms with Gasteiger partial charge in [-0.2, -0.15) is 0 Å². The minimum atomic E-state index is -0.155. The molecule has 4 rings (SSSR count). The summed E-state index contributed by atoms with van der Waals surface area (Å²) in [5.74, 6) is 0.348. The number of hydrogen-bond acceptors (Lipinski definition) is 5. The molecule has 7 heteroatoms. The van der Waals surface area contributed by atoms with Crippen molar-refractivity contribution in [2.75, 3.05) is 11.5 Å². The van der Waals surface area contributed by atoms with Crippen molar-refractivity contribution in [2.45, 2.75) is 6.92 Å². The van der Waals surface area contributed by atoms with Gasteiger partial charge < -0.3 is 9.84 Å². The maximum atomic E-state index is 13.2. The molecule has 3 aromatic rings. The average molecular weight is 533 g/mol. The Morgan fingerprint density at radius 2 is 1.97 bits per heavy atom. The molecule has 0 unspecified atom stereocenters. The second-order valence-corrected chi connectivity index (χ2v) is 9.14. The van der Waals surface area contributed by atoms with Crippen LogP contribution in [-0.2, 0) is 4.79 Å². The van der Waals surface area contributed by atoms with Crippen LogP contribution in [0.1, 0.15) is 12.5 Å². The second-order valence-electron chi connectivity index (χ2n) is 6.30. The van der Waals surface area contributed by atoms with E-state index in [9.17, 15) is 9.90 Å². The maximum Gasteiger partial charge on any atom is 0.270 e. The van der Waals surface area contributed by atoms with Crippen LogP contribution in [0.4, 0.5) is 5.69 Å². The highest BCUT2D eigenvalue weighted by atomic mass is 127. The summed E-state index contributed by atoms with van der Waals surface area (Å²) in [5.41, 5.74) is 1.55. The number of carbonyl (C=O) groups excluding carboxylic acids is 1. The zero-order valence-electron chi connectivity index (χ0n) is 15.4. The van der Waals surface area contributed by atoms with Crippen LogP contribution in [-0.4, -0.2) is 21.9 Å². The van der Waals surface area contributed by atoms with Gasteiger partial charge in [-0.3, -0.25) is 9.69 Å². The maximum absolute atomic E-state index is 13.2. The Kier molecular flexibility index (Phi) is 5.80. The van der Waals surface area contributed by atoms with Crippen LogP contribution >= 0.6 is 46.6 Å². The van der Waals surface area contributed by atoms with E-state index < -0.39 is 0 Å². The zero-order chi connectivity index (χ0) is 20.5. The van der Waals surface area contributed by atoms with Gasteiger partial charge in [0.15, 0.2) is 15.8 Å². The number of ether oxygens (including phenoxy) is 1. The normalized spacial score (nSPS) is 15.5. The fourth-order valence-corrected chi connectivity index (χ4v) is 5.08. The fourth-order valence-electron chi connectivity index (χ4n) is 3.17. The molecule has 0 saturated carbocycles. The number of carbonyl (C=O) groups is 1. The first kappa shape index (κ1) is 20.2. The van der Waals surface area contributed by atoms with Gasteiger partial charge in [-0.1, -0.05) is 60.4 Å². The number of fused-ring (bicyclic) bond motifs is 1. The molecule has 1 amide bonds. The molecule has 1 aliphatic rings. The van der Waals surface area contributed by atoms with Gasteiger partial charge in [-0.05, 0) is 64.7 Å². The molecule has 0 aromatic heterocycles. The van der Waals surface area contributed by atoms with Crippen LogP contribution in [0.25, 0.3) is 16.8 Å². The summed E-state index contributed by atoms with van der Waals surface area (Å²) in [6.07, 6.45) is 1.79. The zero-order valence-corrected chi connectivity index (χ0v) is 19.2. The molecule has 4 nitrogen and oxygen atoms in total. The number of amides is 1. The number of phenolic OH excluding ortho intramolecular Hbond substituents is 1. The summed E-state index contributed by atoms with van der Waals surface area (Å²) < 4.78 is 6.65. The van der Waals surface area contributed by atoms with E-state index in [1.54, 1.807) is 17.0 Å². The van der Waals surface area contributed by atoms with Gasteiger partial charge in [0.2, 0.25) is 0 Å². The molecule has 1 saturated heterocycles. The third-order valence-electron chi connectivity index (χ3n) is 4.45. The molecule has 1 fully saturated rings. The Labute approximate surface area is 191 Å². The third-order valence-corrected chi connectivity index (χ3v) is 6.57. The Hall–Kier alpha value is -2.10. The standard InChI is InChI=1S/C22H16INO3S2/c1-2-27-18-11-13(10-16(23)20(18)25)12-19-21(26)24(22(28)29-19)17-9-5-7-14-6-3-4-8-15(14)17/h3-12,25H,2H2,1H3/b19-12-. The topological polar surface area (TPSA) is 49.8 Å². The number of phenols is 1. The molecular formula is C22H16INO3S2. The number of hydrogen-bond donors (Lipinski definition) is 1. The molecule has 29 heavy (non-hydrogen) atoms. The summed E-state index contributed by atoms with van der Waals surface area (Å²) in [6, 6.07) is 17.3. The summed E-state index contributed by atoms with van der Waals surface area (Å²) >= 11 is 8.85. The lowest BCUT2D eigenvalue weighted by Gasteiger charge is -2.17. The molecule has 0 aliphatic carbocycles. The molecule has 0 atom stereocenters. The molecule has 146 valence electrons. The van der Waals surface area contributed by atoms with Crippen molar-refractivity contribution in [2.24, 2.45) is 0 Å². The van der Waals surface area contributed by atoms with Crippen LogP contribution in [0.5, 0.6) is 11.5 Å². The first-order valence-electron chi connectivity index (χ1n) is 8.90. The van der Waals surface area contributed by atoms with E-state index in [0.29, 0.717) is 25.2 Å². The first-order chi connectivity index (χ1) is 14.0. The Balaban J connectivity index is 1.74. The van der Waals surface area contributed by atoms with Crippen molar-refractivity contribution in [3.63, 3.8) is 0 Å². The molecule has 1 heterocycles. The third kappa shape index (κ3) is 3.86. The van der Waals surface area contributed by atoms with Crippen molar-refractivity contribution in [1.29, 1.82) is 0 Å². The molecular weight excluding hydrogens is 517 g/mol. The minimum absolute atomic E-state index is 0.105. The van der Waals surface area contributed by atoms with Crippen molar-refractivity contribution in [1.82, 2.24) is 0 Å². The number of benzene rings is 3. The molecule has 0 spiro atoms. The van der Waals surface area contributed by atoms with Crippen LogP contribution in [0.15, 0.2) is 59.5 Å².